The topological polar surface area (TPSA) is 134 Å². The first-order valence-corrected chi connectivity index (χ1v) is 14.4. The summed E-state index contributed by atoms with van der Waals surface area (Å²) in [6, 6.07) is 8.41. The number of morpholine rings is 1. The summed E-state index contributed by atoms with van der Waals surface area (Å²) in [5, 5.41) is 6.57. The molecule has 0 spiro atoms. The van der Waals surface area contributed by atoms with E-state index in [2.05, 4.69) is 15.6 Å². The van der Waals surface area contributed by atoms with Crippen LogP contribution < -0.4 is 10.6 Å². The van der Waals surface area contributed by atoms with Crippen molar-refractivity contribution in [3.63, 3.8) is 0 Å². The maximum absolute atomic E-state index is 13.5. The van der Waals surface area contributed by atoms with Crippen LogP contribution in [0.2, 0.25) is 5.02 Å². The number of fused-ring (bicyclic) bond motifs is 1. The van der Waals surface area contributed by atoms with Crippen LogP contribution in [0.4, 0.5) is 11.5 Å². The number of nitrogens with zero attached hydrogens (tertiary/aromatic N) is 3. The van der Waals surface area contributed by atoms with Crippen LogP contribution in [-0.2, 0) is 25.5 Å². The largest absolute Gasteiger partial charge is 0.449 e. The zero-order valence-corrected chi connectivity index (χ0v) is 24.4. The fourth-order valence-corrected chi connectivity index (χ4v) is 5.57. The van der Waals surface area contributed by atoms with Gasteiger partial charge >= 0.3 is 0 Å². The van der Waals surface area contributed by atoms with E-state index in [0.717, 1.165) is 5.56 Å². The maximum Gasteiger partial charge on any atom is 0.294 e. The minimum absolute atomic E-state index is 0.0254. The van der Waals surface area contributed by atoms with Crippen LogP contribution in [-0.4, -0.2) is 78.8 Å². The summed E-state index contributed by atoms with van der Waals surface area (Å²) in [7, 11) is 3.47. The number of rotatable bonds is 7. The molecule has 4 amide bonds. The maximum atomic E-state index is 13.5. The lowest BCUT2D eigenvalue weighted by atomic mass is 9.81. The Morgan fingerprint density at radius 1 is 1.00 bits per heavy atom. The zero-order chi connectivity index (χ0) is 29.8. The highest BCUT2D eigenvalue weighted by Crippen LogP contribution is 2.35. The summed E-state index contributed by atoms with van der Waals surface area (Å²) in [5.41, 5.74) is 1.35. The number of pyridine rings is 1. The molecule has 1 saturated carbocycles. The number of benzene rings is 1. The first kappa shape index (κ1) is 29.5. The van der Waals surface area contributed by atoms with E-state index < -0.39 is 5.91 Å². The van der Waals surface area contributed by atoms with Crippen LogP contribution in [0.3, 0.4) is 0 Å². The minimum Gasteiger partial charge on any atom is -0.449 e. The summed E-state index contributed by atoms with van der Waals surface area (Å²) in [6.07, 6.45) is 3.92. The lowest BCUT2D eigenvalue weighted by Gasteiger charge is -2.28. The van der Waals surface area contributed by atoms with Gasteiger partial charge in [-0.15, -0.1) is 0 Å². The molecule has 5 rings (SSSR count). The van der Waals surface area contributed by atoms with Gasteiger partial charge < -0.3 is 29.6 Å². The van der Waals surface area contributed by atoms with Crippen molar-refractivity contribution in [2.75, 3.05) is 51.0 Å². The molecule has 42 heavy (non-hydrogen) atoms. The molecule has 1 saturated heterocycles. The van der Waals surface area contributed by atoms with Gasteiger partial charge in [0.1, 0.15) is 17.1 Å². The fourth-order valence-electron chi connectivity index (χ4n) is 5.45. The Morgan fingerprint density at radius 3 is 2.38 bits per heavy atom. The van der Waals surface area contributed by atoms with Crippen molar-refractivity contribution in [2.24, 2.45) is 11.8 Å². The quantitative estimate of drug-likeness (QED) is 0.422. The molecule has 1 aliphatic heterocycles. The Hall–Kier alpha value is -3.96. The van der Waals surface area contributed by atoms with Gasteiger partial charge in [0, 0.05) is 50.6 Å². The molecule has 2 fully saturated rings. The van der Waals surface area contributed by atoms with Crippen LogP contribution in [0, 0.1) is 11.8 Å². The van der Waals surface area contributed by atoms with Crippen molar-refractivity contribution in [2.45, 2.75) is 32.1 Å². The fraction of sp³-hybridized carbons (Fsp3) is 0.433. The van der Waals surface area contributed by atoms with Gasteiger partial charge in [0.25, 0.3) is 5.91 Å². The second kappa shape index (κ2) is 12.9. The van der Waals surface area contributed by atoms with Gasteiger partial charge in [-0.25, -0.2) is 4.98 Å². The minimum atomic E-state index is -0.595. The summed E-state index contributed by atoms with van der Waals surface area (Å²) in [6.45, 7) is 2.10. The van der Waals surface area contributed by atoms with Gasteiger partial charge in [0.05, 0.1) is 24.7 Å². The number of carbonyl (C=O) groups excluding carboxylic acids is 4. The summed E-state index contributed by atoms with van der Waals surface area (Å²) >= 11 is 5.92. The highest BCUT2D eigenvalue weighted by atomic mass is 35.5. The van der Waals surface area contributed by atoms with Crippen molar-refractivity contribution in [3.8, 4) is 0 Å². The molecule has 2 aliphatic rings. The predicted molar refractivity (Wildman–Crippen MR) is 157 cm³/mol. The van der Waals surface area contributed by atoms with E-state index in [9.17, 15) is 19.2 Å². The molecule has 11 nitrogen and oxygen atoms in total. The number of amides is 4. The molecule has 0 unspecified atom stereocenters. The predicted octanol–water partition coefficient (Wildman–Crippen LogP) is 3.97. The SMILES string of the molecule is CN(C)C(=O)[C@H]1CC[C@H](C(=O)Nc2c(C(=O)Nc3ccc(Cl)cn3)oc3ccc(CC(=O)N4CCOCC4)cc23)CC1. The molecular formula is C30H34ClN5O6. The number of nitrogens with one attached hydrogen (secondary N) is 2. The zero-order valence-electron chi connectivity index (χ0n) is 23.7. The Bertz CT molecular complexity index is 1470. The first-order valence-electron chi connectivity index (χ1n) is 14.1. The Labute approximate surface area is 248 Å². The van der Waals surface area contributed by atoms with E-state index >= 15 is 0 Å². The number of hydrogen-bond acceptors (Lipinski definition) is 7. The van der Waals surface area contributed by atoms with Crippen LogP contribution in [0.25, 0.3) is 11.0 Å². The standard InChI is InChI=1S/C30H34ClN5O6/c1-35(2)30(40)20-6-4-19(5-7-20)28(38)34-26-22-15-18(16-25(37)36-11-13-41-14-12-36)3-9-23(22)42-27(26)29(39)33-24-10-8-21(31)17-32-24/h3,8-10,15,17,19-20H,4-7,11-14,16H2,1-2H3,(H,34,38)(H,32,33,39)/t19-,20-. The lowest BCUT2D eigenvalue weighted by Crippen LogP contribution is -2.41. The number of aromatic nitrogens is 1. The van der Waals surface area contributed by atoms with Crippen molar-refractivity contribution in [1.82, 2.24) is 14.8 Å². The van der Waals surface area contributed by atoms with E-state index in [4.69, 9.17) is 20.8 Å². The van der Waals surface area contributed by atoms with Crippen molar-refractivity contribution < 1.29 is 28.3 Å². The van der Waals surface area contributed by atoms with Crippen molar-refractivity contribution in [1.29, 1.82) is 0 Å². The monoisotopic (exact) mass is 595 g/mol. The molecule has 1 aromatic carbocycles. The van der Waals surface area contributed by atoms with Crippen LogP contribution in [0.5, 0.6) is 0 Å². The molecule has 222 valence electrons. The normalized spacial score (nSPS) is 18.9. The van der Waals surface area contributed by atoms with Crippen LogP contribution >= 0.6 is 11.6 Å². The summed E-state index contributed by atoms with van der Waals surface area (Å²) in [4.78, 5) is 59.6. The van der Waals surface area contributed by atoms with E-state index in [1.165, 1.54) is 6.20 Å². The van der Waals surface area contributed by atoms with Gasteiger partial charge in [-0.2, -0.15) is 0 Å². The third-order valence-corrected chi connectivity index (χ3v) is 8.01. The smallest absolute Gasteiger partial charge is 0.294 e. The van der Waals surface area contributed by atoms with Gasteiger partial charge in [-0.1, -0.05) is 17.7 Å². The molecule has 0 bridgehead atoms. The second-order valence-corrected chi connectivity index (χ2v) is 11.3. The molecule has 0 radical (unpaired) electrons. The number of hydrogen-bond donors (Lipinski definition) is 2. The van der Waals surface area contributed by atoms with Crippen molar-refractivity contribution >= 4 is 57.7 Å². The third kappa shape index (κ3) is 6.74. The number of ether oxygens (including phenoxy) is 1. The number of anilines is 2. The molecule has 2 N–H and O–H groups in total. The molecule has 1 aliphatic carbocycles. The Morgan fingerprint density at radius 2 is 1.71 bits per heavy atom. The summed E-state index contributed by atoms with van der Waals surface area (Å²) in [5.74, 6) is -1.03. The van der Waals surface area contributed by atoms with Gasteiger partial charge in [-0.05, 0) is 55.5 Å². The molecule has 12 heteroatoms. The van der Waals surface area contributed by atoms with Gasteiger partial charge in [-0.3, -0.25) is 19.2 Å². The summed E-state index contributed by atoms with van der Waals surface area (Å²) < 4.78 is 11.3. The molecule has 2 aromatic heterocycles. The first-order chi connectivity index (χ1) is 20.2. The van der Waals surface area contributed by atoms with Crippen molar-refractivity contribution in [3.05, 3.63) is 52.9 Å². The Balaban J connectivity index is 1.40. The van der Waals surface area contributed by atoms with E-state index in [1.54, 1.807) is 54.2 Å². The third-order valence-electron chi connectivity index (χ3n) is 7.78. The molecule has 0 atom stereocenters. The van der Waals surface area contributed by atoms with Gasteiger partial charge in [0.15, 0.2) is 0 Å². The van der Waals surface area contributed by atoms with E-state index in [1.807, 2.05) is 0 Å². The average molecular weight is 596 g/mol. The highest BCUT2D eigenvalue weighted by Gasteiger charge is 2.32. The number of carbonyl (C=O) groups is 4. The second-order valence-electron chi connectivity index (χ2n) is 10.9. The van der Waals surface area contributed by atoms with Crippen LogP contribution in [0.15, 0.2) is 40.9 Å². The van der Waals surface area contributed by atoms with E-state index in [0.29, 0.717) is 68.0 Å². The number of furan rings is 1. The Kier molecular flexibility index (Phi) is 9.08. The highest BCUT2D eigenvalue weighted by molar-refractivity contribution is 6.30. The lowest BCUT2D eigenvalue weighted by molar-refractivity contribution is -0.135. The molecular weight excluding hydrogens is 562 g/mol. The van der Waals surface area contributed by atoms with E-state index in [-0.39, 0.29) is 53.2 Å². The average Bonchev–Trinajstić information content (AvgIpc) is 3.35. The molecule has 3 aromatic rings. The van der Waals surface area contributed by atoms with Crippen LogP contribution in [0.1, 0.15) is 41.8 Å². The number of halogens is 1. The molecule has 3 heterocycles. The van der Waals surface area contributed by atoms with Gasteiger partial charge in [0.2, 0.25) is 23.5 Å².